The second-order valence-electron chi connectivity index (χ2n) is 3.83. The lowest BCUT2D eigenvalue weighted by Gasteiger charge is -2.14. The number of hydrogen-bond donors (Lipinski definition) is 1. The molecule has 0 fully saturated rings. The molecule has 1 aromatic carbocycles. The van der Waals surface area contributed by atoms with Gasteiger partial charge in [0.05, 0.1) is 0 Å². The minimum atomic E-state index is -4.65. The van der Waals surface area contributed by atoms with Crippen LogP contribution in [0.5, 0.6) is 5.75 Å². The number of hydrogen-bond acceptors (Lipinski definition) is 3. The largest absolute Gasteiger partial charge is 0.573 e. The van der Waals surface area contributed by atoms with Crippen LogP contribution in [0.2, 0.25) is 0 Å². The SMILES string of the molecule is CSC(C)CNCc1ccccc1OC(F)(F)F. The summed E-state index contributed by atoms with van der Waals surface area (Å²) in [4.78, 5) is 0. The third-order valence-electron chi connectivity index (χ3n) is 2.35. The average Bonchev–Trinajstić information content (AvgIpc) is 2.29. The second-order valence-corrected chi connectivity index (χ2v) is 5.11. The van der Waals surface area contributed by atoms with Gasteiger partial charge in [-0.15, -0.1) is 13.2 Å². The van der Waals surface area contributed by atoms with Gasteiger partial charge in [0.15, 0.2) is 0 Å². The number of para-hydroxylation sites is 1. The molecule has 0 radical (unpaired) electrons. The van der Waals surface area contributed by atoms with E-state index >= 15 is 0 Å². The summed E-state index contributed by atoms with van der Waals surface area (Å²) in [5, 5.41) is 3.53. The lowest BCUT2D eigenvalue weighted by molar-refractivity contribution is -0.274. The van der Waals surface area contributed by atoms with Crippen molar-refractivity contribution in [1.82, 2.24) is 5.32 Å². The lowest BCUT2D eigenvalue weighted by atomic mass is 10.2. The first kappa shape index (κ1) is 15.2. The zero-order valence-electron chi connectivity index (χ0n) is 10.3. The van der Waals surface area contributed by atoms with E-state index < -0.39 is 6.36 Å². The van der Waals surface area contributed by atoms with E-state index in [-0.39, 0.29) is 5.75 Å². The van der Waals surface area contributed by atoms with Gasteiger partial charge in [-0.1, -0.05) is 25.1 Å². The zero-order valence-corrected chi connectivity index (χ0v) is 11.1. The number of thioether (sulfide) groups is 1. The Bertz CT molecular complexity index is 371. The Kier molecular flexibility index (Phi) is 5.81. The van der Waals surface area contributed by atoms with Gasteiger partial charge in [-0.2, -0.15) is 11.8 Å². The van der Waals surface area contributed by atoms with Crippen LogP contribution in [0.25, 0.3) is 0 Å². The highest BCUT2D eigenvalue weighted by Crippen LogP contribution is 2.26. The van der Waals surface area contributed by atoms with Crippen molar-refractivity contribution in [3.05, 3.63) is 29.8 Å². The molecule has 0 spiro atoms. The molecule has 0 aromatic heterocycles. The summed E-state index contributed by atoms with van der Waals surface area (Å²) < 4.78 is 40.5. The summed E-state index contributed by atoms with van der Waals surface area (Å²) in [6.07, 6.45) is -2.66. The van der Waals surface area contributed by atoms with Gasteiger partial charge in [-0.3, -0.25) is 0 Å². The number of nitrogens with one attached hydrogen (secondary N) is 1. The van der Waals surface area contributed by atoms with Crippen molar-refractivity contribution >= 4 is 11.8 Å². The van der Waals surface area contributed by atoms with Crippen molar-refractivity contribution in [2.24, 2.45) is 0 Å². The van der Waals surface area contributed by atoms with Crippen LogP contribution in [0.15, 0.2) is 24.3 Å². The van der Waals surface area contributed by atoms with E-state index in [0.29, 0.717) is 17.4 Å². The Morgan fingerprint density at radius 1 is 1.33 bits per heavy atom. The van der Waals surface area contributed by atoms with Crippen LogP contribution in [0.1, 0.15) is 12.5 Å². The third-order valence-corrected chi connectivity index (χ3v) is 3.32. The fourth-order valence-corrected chi connectivity index (χ4v) is 1.65. The fourth-order valence-electron chi connectivity index (χ4n) is 1.37. The molecular formula is C12H16F3NOS. The van der Waals surface area contributed by atoms with E-state index in [0.717, 1.165) is 6.54 Å². The van der Waals surface area contributed by atoms with Crippen LogP contribution in [-0.4, -0.2) is 24.4 Å². The summed E-state index contributed by atoms with van der Waals surface area (Å²) in [5.74, 6) is -0.144. The van der Waals surface area contributed by atoms with Gasteiger partial charge >= 0.3 is 6.36 Å². The van der Waals surface area contributed by atoms with E-state index in [2.05, 4.69) is 17.0 Å². The first-order valence-corrected chi connectivity index (χ1v) is 6.78. The molecule has 1 aromatic rings. The highest BCUT2D eigenvalue weighted by molar-refractivity contribution is 7.99. The maximum atomic E-state index is 12.2. The van der Waals surface area contributed by atoms with E-state index in [4.69, 9.17) is 0 Å². The molecule has 2 nitrogen and oxygen atoms in total. The summed E-state index contributed by atoms with van der Waals surface area (Å²) in [5.41, 5.74) is 0.503. The molecule has 0 aliphatic rings. The molecule has 0 heterocycles. The van der Waals surface area contributed by atoms with E-state index in [1.54, 1.807) is 23.9 Å². The molecule has 1 atom stereocenters. The first-order chi connectivity index (χ1) is 8.42. The van der Waals surface area contributed by atoms with Crippen LogP contribution in [0.3, 0.4) is 0 Å². The summed E-state index contributed by atoms with van der Waals surface area (Å²) in [6, 6.07) is 6.16. The van der Waals surface area contributed by atoms with Crippen molar-refractivity contribution < 1.29 is 17.9 Å². The van der Waals surface area contributed by atoms with Crippen molar-refractivity contribution in [2.75, 3.05) is 12.8 Å². The Labute approximate surface area is 109 Å². The third kappa shape index (κ3) is 5.64. The molecule has 102 valence electrons. The van der Waals surface area contributed by atoms with Crippen molar-refractivity contribution in [3.8, 4) is 5.75 Å². The summed E-state index contributed by atoms with van der Waals surface area (Å²) in [7, 11) is 0. The zero-order chi connectivity index (χ0) is 13.6. The van der Waals surface area contributed by atoms with Crippen molar-refractivity contribution in [2.45, 2.75) is 25.1 Å². The Morgan fingerprint density at radius 3 is 2.61 bits per heavy atom. The van der Waals surface area contributed by atoms with Crippen LogP contribution in [0, 0.1) is 0 Å². The molecule has 0 aliphatic heterocycles. The number of halogens is 3. The molecule has 0 amide bonds. The number of ether oxygens (including phenoxy) is 1. The maximum absolute atomic E-state index is 12.2. The molecule has 1 unspecified atom stereocenters. The minimum absolute atomic E-state index is 0.144. The molecule has 6 heteroatoms. The molecule has 0 saturated heterocycles. The summed E-state index contributed by atoms with van der Waals surface area (Å²) in [6.45, 7) is 3.15. The molecule has 18 heavy (non-hydrogen) atoms. The van der Waals surface area contributed by atoms with Crippen LogP contribution in [-0.2, 0) is 6.54 Å². The summed E-state index contributed by atoms with van der Waals surface area (Å²) >= 11 is 1.70. The number of benzene rings is 1. The van der Waals surface area contributed by atoms with E-state index in [1.165, 1.54) is 12.1 Å². The van der Waals surface area contributed by atoms with Crippen molar-refractivity contribution in [1.29, 1.82) is 0 Å². The van der Waals surface area contributed by atoms with Gasteiger partial charge in [-0.25, -0.2) is 0 Å². The van der Waals surface area contributed by atoms with Gasteiger partial charge in [0, 0.05) is 23.9 Å². The highest BCUT2D eigenvalue weighted by Gasteiger charge is 2.31. The molecule has 0 aliphatic carbocycles. The smallest absolute Gasteiger partial charge is 0.405 e. The molecule has 1 rings (SSSR count). The monoisotopic (exact) mass is 279 g/mol. The van der Waals surface area contributed by atoms with E-state index in [1.807, 2.05) is 6.26 Å². The molecule has 0 bridgehead atoms. The number of rotatable bonds is 6. The van der Waals surface area contributed by atoms with E-state index in [9.17, 15) is 13.2 Å². The van der Waals surface area contributed by atoms with Gasteiger partial charge in [0.25, 0.3) is 0 Å². The van der Waals surface area contributed by atoms with Gasteiger partial charge < -0.3 is 10.1 Å². The predicted molar refractivity (Wildman–Crippen MR) is 67.8 cm³/mol. The minimum Gasteiger partial charge on any atom is -0.405 e. The highest BCUT2D eigenvalue weighted by atomic mass is 32.2. The Hall–Kier alpha value is -0.880. The topological polar surface area (TPSA) is 21.3 Å². The second kappa shape index (κ2) is 6.89. The lowest BCUT2D eigenvalue weighted by Crippen LogP contribution is -2.23. The Morgan fingerprint density at radius 2 is 2.00 bits per heavy atom. The maximum Gasteiger partial charge on any atom is 0.573 e. The van der Waals surface area contributed by atoms with Gasteiger partial charge in [-0.05, 0) is 12.3 Å². The first-order valence-electron chi connectivity index (χ1n) is 5.49. The van der Waals surface area contributed by atoms with Crippen molar-refractivity contribution in [3.63, 3.8) is 0 Å². The average molecular weight is 279 g/mol. The predicted octanol–water partition coefficient (Wildman–Crippen LogP) is 3.43. The standard InChI is InChI=1S/C12H16F3NOS/c1-9(18-2)7-16-8-10-5-3-4-6-11(10)17-12(13,14)15/h3-6,9,16H,7-8H2,1-2H3. The Balaban J connectivity index is 2.59. The molecular weight excluding hydrogens is 263 g/mol. The van der Waals surface area contributed by atoms with Gasteiger partial charge in [0.2, 0.25) is 0 Å². The van der Waals surface area contributed by atoms with Crippen LogP contribution >= 0.6 is 11.8 Å². The molecule has 1 N–H and O–H groups in total. The normalized spacial score (nSPS) is 13.4. The molecule has 0 saturated carbocycles. The number of alkyl halides is 3. The quantitative estimate of drug-likeness (QED) is 0.862. The van der Waals surface area contributed by atoms with Crippen LogP contribution < -0.4 is 10.1 Å². The van der Waals surface area contributed by atoms with Gasteiger partial charge in [0.1, 0.15) is 5.75 Å². The fraction of sp³-hybridized carbons (Fsp3) is 0.500. The van der Waals surface area contributed by atoms with Crippen LogP contribution in [0.4, 0.5) is 13.2 Å².